The molecule has 1 aliphatic rings. The maximum atomic E-state index is 13.8. The summed E-state index contributed by atoms with van der Waals surface area (Å²) < 4.78 is 15.3. The lowest BCUT2D eigenvalue weighted by molar-refractivity contribution is -0.112. The molecule has 31 heavy (non-hydrogen) atoms. The number of aromatic nitrogens is 4. The average Bonchev–Trinajstić information content (AvgIpc) is 3.18. The summed E-state index contributed by atoms with van der Waals surface area (Å²) in [7, 11) is 1.77. The van der Waals surface area contributed by atoms with E-state index in [-0.39, 0.29) is 11.7 Å². The lowest BCUT2D eigenvalue weighted by atomic mass is 10.0. The van der Waals surface area contributed by atoms with Gasteiger partial charge < -0.3 is 5.32 Å². The zero-order chi connectivity index (χ0) is 21.8. The number of hydrogen-bond acceptors (Lipinski definition) is 5. The number of nitrogens with zero attached hydrogens (tertiary/aromatic N) is 5. The molecule has 0 aliphatic carbocycles. The number of aryl methyl sites for hydroxylation is 2. The molecule has 0 unspecified atom stereocenters. The molecule has 1 aliphatic heterocycles. The van der Waals surface area contributed by atoms with E-state index in [1.54, 1.807) is 30.8 Å². The molecule has 4 rings (SSSR count). The second-order valence-electron chi connectivity index (χ2n) is 7.86. The van der Waals surface area contributed by atoms with Crippen LogP contribution in [0.25, 0.3) is 11.4 Å². The Morgan fingerprint density at radius 2 is 2.00 bits per heavy atom. The van der Waals surface area contributed by atoms with Gasteiger partial charge in [0.25, 0.3) is 0 Å². The van der Waals surface area contributed by atoms with Crippen molar-refractivity contribution in [3.63, 3.8) is 0 Å². The lowest BCUT2D eigenvalue weighted by Crippen LogP contribution is -2.30. The Morgan fingerprint density at radius 1 is 1.19 bits per heavy atom. The minimum atomic E-state index is -0.161. The summed E-state index contributed by atoms with van der Waals surface area (Å²) in [6.07, 6.45) is 3.35. The normalized spacial score (nSPS) is 14.5. The summed E-state index contributed by atoms with van der Waals surface area (Å²) in [5.74, 6) is 0.332. The van der Waals surface area contributed by atoms with Gasteiger partial charge in [0.05, 0.1) is 0 Å². The number of carbonyl (C=O) groups is 1. The number of anilines is 1. The molecule has 1 N–H and O–H groups in total. The maximum Gasteiger partial charge on any atom is 0.248 e. The van der Waals surface area contributed by atoms with Crippen LogP contribution in [0, 0.1) is 12.7 Å². The molecular formula is C23H25FN6O. The van der Waals surface area contributed by atoms with Crippen LogP contribution >= 0.6 is 0 Å². The molecule has 1 amide bonds. The van der Waals surface area contributed by atoms with Crippen molar-refractivity contribution in [3.05, 3.63) is 71.1 Å². The molecule has 1 fully saturated rings. The van der Waals surface area contributed by atoms with Gasteiger partial charge in [-0.1, -0.05) is 29.8 Å². The number of amides is 1. The zero-order valence-corrected chi connectivity index (χ0v) is 17.7. The second-order valence-corrected chi connectivity index (χ2v) is 7.86. The van der Waals surface area contributed by atoms with Crippen LogP contribution in [0.4, 0.5) is 10.1 Å². The highest BCUT2D eigenvalue weighted by atomic mass is 19.1. The molecule has 0 atom stereocenters. The van der Waals surface area contributed by atoms with Crippen molar-refractivity contribution in [2.75, 3.05) is 18.4 Å². The molecule has 1 aromatic heterocycles. The minimum absolute atomic E-state index is 0.141. The van der Waals surface area contributed by atoms with Crippen LogP contribution in [0.1, 0.15) is 24.0 Å². The highest BCUT2D eigenvalue weighted by Crippen LogP contribution is 2.21. The molecule has 8 heteroatoms. The van der Waals surface area contributed by atoms with E-state index >= 15 is 0 Å². The highest BCUT2D eigenvalue weighted by Gasteiger charge is 2.16. The Bertz CT molecular complexity index is 1110. The molecular weight excluding hydrogens is 395 g/mol. The highest BCUT2D eigenvalue weighted by molar-refractivity contribution is 6.00. The van der Waals surface area contributed by atoms with Gasteiger partial charge in [-0.15, -0.1) is 5.10 Å². The Hall–Kier alpha value is -3.39. The predicted octanol–water partition coefficient (Wildman–Crippen LogP) is 3.49. The van der Waals surface area contributed by atoms with Crippen molar-refractivity contribution in [2.24, 2.45) is 7.05 Å². The van der Waals surface area contributed by atoms with Crippen LogP contribution in [0.3, 0.4) is 0 Å². The van der Waals surface area contributed by atoms with Crippen LogP contribution in [0.15, 0.2) is 54.1 Å². The quantitative estimate of drug-likeness (QED) is 0.640. The van der Waals surface area contributed by atoms with E-state index in [0.29, 0.717) is 17.1 Å². The van der Waals surface area contributed by atoms with E-state index < -0.39 is 0 Å². The monoisotopic (exact) mass is 420 g/mol. The van der Waals surface area contributed by atoms with Crippen molar-refractivity contribution in [3.8, 4) is 11.4 Å². The lowest BCUT2D eigenvalue weighted by Gasteiger charge is -2.28. The van der Waals surface area contributed by atoms with Crippen LogP contribution in [0.5, 0.6) is 0 Å². The summed E-state index contributed by atoms with van der Waals surface area (Å²) in [6.45, 7) is 4.19. The van der Waals surface area contributed by atoms with Gasteiger partial charge in [0, 0.05) is 44.0 Å². The summed E-state index contributed by atoms with van der Waals surface area (Å²) in [6, 6.07) is 12.9. The Labute approximate surface area is 180 Å². The standard InChI is InChI=1S/C23H25FN6O/c1-16-6-7-18(12-21(16)24)15-30-10-8-17(9-11-30)13-22(31)25-20-5-3-4-19(14-20)23-26-27-28-29(23)2/h3-7,12-14H,8-11,15H2,1-2H3,(H,25,31). The summed E-state index contributed by atoms with van der Waals surface area (Å²) >= 11 is 0. The van der Waals surface area contributed by atoms with E-state index in [4.69, 9.17) is 0 Å². The van der Waals surface area contributed by atoms with Gasteiger partial charge in [-0.3, -0.25) is 9.69 Å². The van der Waals surface area contributed by atoms with Gasteiger partial charge in [0.2, 0.25) is 5.91 Å². The number of tetrazole rings is 1. The topological polar surface area (TPSA) is 75.9 Å². The summed E-state index contributed by atoms with van der Waals surface area (Å²) in [5, 5.41) is 14.4. The van der Waals surface area contributed by atoms with Crippen molar-refractivity contribution >= 4 is 11.6 Å². The molecule has 160 valence electrons. The first-order valence-electron chi connectivity index (χ1n) is 10.3. The molecule has 7 nitrogen and oxygen atoms in total. The van der Waals surface area contributed by atoms with Gasteiger partial charge in [0.15, 0.2) is 5.82 Å². The second kappa shape index (κ2) is 9.18. The van der Waals surface area contributed by atoms with Crippen molar-refractivity contribution in [1.29, 1.82) is 0 Å². The smallest absolute Gasteiger partial charge is 0.248 e. The fraction of sp³-hybridized carbons (Fsp3) is 0.304. The predicted molar refractivity (Wildman–Crippen MR) is 117 cm³/mol. The van der Waals surface area contributed by atoms with E-state index in [9.17, 15) is 9.18 Å². The third-order valence-corrected chi connectivity index (χ3v) is 5.48. The van der Waals surface area contributed by atoms with E-state index in [1.165, 1.54) is 0 Å². The number of nitrogens with one attached hydrogen (secondary N) is 1. The van der Waals surface area contributed by atoms with Gasteiger partial charge in [-0.05, 0) is 59.5 Å². The third-order valence-electron chi connectivity index (χ3n) is 5.48. The SMILES string of the molecule is Cc1ccc(CN2CCC(=CC(=O)Nc3cccc(-c4nnnn4C)c3)CC2)cc1F. The fourth-order valence-corrected chi connectivity index (χ4v) is 3.71. The first-order chi connectivity index (χ1) is 15.0. The van der Waals surface area contributed by atoms with Crippen molar-refractivity contribution in [1.82, 2.24) is 25.1 Å². The van der Waals surface area contributed by atoms with Crippen LogP contribution in [-0.2, 0) is 18.4 Å². The molecule has 2 heterocycles. The Balaban J connectivity index is 1.32. The number of piperidine rings is 1. The van der Waals surface area contributed by atoms with Gasteiger partial charge in [-0.2, -0.15) is 0 Å². The number of benzene rings is 2. The number of carbonyl (C=O) groups excluding carboxylic acids is 1. The van der Waals surface area contributed by atoms with E-state index in [1.807, 2.05) is 36.4 Å². The molecule has 2 aromatic carbocycles. The van der Waals surface area contributed by atoms with E-state index in [0.717, 1.165) is 49.2 Å². The zero-order valence-electron chi connectivity index (χ0n) is 17.7. The fourth-order valence-electron chi connectivity index (χ4n) is 3.71. The Morgan fingerprint density at radius 3 is 2.71 bits per heavy atom. The van der Waals surface area contributed by atoms with Gasteiger partial charge in [-0.25, -0.2) is 9.07 Å². The number of rotatable bonds is 5. The molecule has 3 aromatic rings. The Kier molecular flexibility index (Phi) is 6.18. The van der Waals surface area contributed by atoms with Crippen LogP contribution in [0.2, 0.25) is 0 Å². The molecule has 0 saturated carbocycles. The first kappa shape index (κ1) is 20.9. The van der Waals surface area contributed by atoms with Crippen molar-refractivity contribution < 1.29 is 9.18 Å². The minimum Gasteiger partial charge on any atom is -0.322 e. The van der Waals surface area contributed by atoms with Crippen LogP contribution in [-0.4, -0.2) is 44.1 Å². The summed E-state index contributed by atoms with van der Waals surface area (Å²) in [5.41, 5.74) is 4.29. The van der Waals surface area contributed by atoms with Crippen LogP contribution < -0.4 is 5.32 Å². The molecule has 0 spiro atoms. The number of likely N-dealkylation sites (tertiary alicyclic amines) is 1. The average molecular weight is 420 g/mol. The molecule has 1 saturated heterocycles. The summed E-state index contributed by atoms with van der Waals surface area (Å²) in [4.78, 5) is 14.8. The molecule has 0 bridgehead atoms. The largest absolute Gasteiger partial charge is 0.322 e. The van der Waals surface area contributed by atoms with Crippen molar-refractivity contribution in [2.45, 2.75) is 26.3 Å². The van der Waals surface area contributed by atoms with Gasteiger partial charge >= 0.3 is 0 Å². The first-order valence-corrected chi connectivity index (χ1v) is 10.3. The molecule has 0 radical (unpaired) electrons. The number of hydrogen-bond donors (Lipinski definition) is 1. The third kappa shape index (κ3) is 5.21. The van der Waals surface area contributed by atoms with Gasteiger partial charge in [0.1, 0.15) is 5.82 Å². The maximum absolute atomic E-state index is 13.8. The van der Waals surface area contributed by atoms with E-state index in [2.05, 4.69) is 25.7 Å². The number of halogens is 1.